The first kappa shape index (κ1) is 19.4. The van der Waals surface area contributed by atoms with E-state index in [1.165, 1.54) is 0 Å². The molecule has 0 saturated carbocycles. The highest BCUT2D eigenvalue weighted by atomic mass is 17.2. The van der Waals surface area contributed by atoms with Gasteiger partial charge in [0.25, 0.3) is 0 Å². The van der Waals surface area contributed by atoms with Crippen LogP contribution in [0.25, 0.3) is 0 Å². The third-order valence-corrected chi connectivity index (χ3v) is 2.61. The topological polar surface area (TPSA) is 78.9 Å². The van der Waals surface area contributed by atoms with Crippen LogP contribution >= 0.6 is 0 Å². The zero-order chi connectivity index (χ0) is 16.1. The van der Waals surface area contributed by atoms with Gasteiger partial charge < -0.3 is 4.74 Å². The van der Waals surface area contributed by atoms with Crippen LogP contribution in [0.15, 0.2) is 0 Å². The third kappa shape index (κ3) is 13.2. The van der Waals surface area contributed by atoms with E-state index in [0.717, 1.165) is 32.1 Å². The van der Waals surface area contributed by atoms with E-state index in [1.807, 2.05) is 0 Å². The highest BCUT2D eigenvalue weighted by molar-refractivity contribution is 5.78. The fourth-order valence-electron chi connectivity index (χ4n) is 1.58. The van der Waals surface area contributed by atoms with Crippen molar-refractivity contribution in [3.05, 3.63) is 0 Å². The van der Waals surface area contributed by atoms with E-state index in [4.69, 9.17) is 4.74 Å². The Labute approximate surface area is 126 Å². The number of unbranched alkanes of at least 4 members (excludes halogenated alkanes) is 4. The van der Waals surface area contributed by atoms with Crippen LogP contribution in [0.2, 0.25) is 0 Å². The van der Waals surface area contributed by atoms with Gasteiger partial charge in [-0.2, -0.15) is 0 Å². The Morgan fingerprint density at radius 2 is 1.29 bits per heavy atom. The van der Waals surface area contributed by atoms with Gasteiger partial charge in [0.1, 0.15) is 0 Å². The van der Waals surface area contributed by atoms with Crippen molar-refractivity contribution >= 4 is 17.9 Å². The average Bonchev–Trinajstić information content (AvgIpc) is 2.42. The van der Waals surface area contributed by atoms with E-state index in [0.29, 0.717) is 0 Å². The monoisotopic (exact) mass is 302 g/mol. The lowest BCUT2D eigenvalue weighted by atomic mass is 10.1. The number of carbonyl (C=O) groups excluding carboxylic acids is 3. The first-order chi connectivity index (χ1) is 9.95. The van der Waals surface area contributed by atoms with Crippen molar-refractivity contribution in [2.75, 3.05) is 0 Å². The van der Waals surface area contributed by atoms with Crippen molar-refractivity contribution in [3.8, 4) is 0 Å². The summed E-state index contributed by atoms with van der Waals surface area (Å²) in [4.78, 5) is 42.4. The van der Waals surface area contributed by atoms with E-state index < -0.39 is 17.9 Å². The molecule has 0 spiro atoms. The zero-order valence-electron chi connectivity index (χ0n) is 13.2. The van der Waals surface area contributed by atoms with E-state index in [-0.39, 0.29) is 25.4 Å². The minimum atomic E-state index is -0.755. The van der Waals surface area contributed by atoms with Crippen molar-refractivity contribution in [2.24, 2.45) is 0 Å². The Morgan fingerprint density at radius 3 is 1.86 bits per heavy atom. The van der Waals surface area contributed by atoms with Crippen LogP contribution < -0.4 is 0 Å². The Morgan fingerprint density at radius 1 is 0.762 bits per heavy atom. The summed E-state index contributed by atoms with van der Waals surface area (Å²) < 4.78 is 4.86. The number of esters is 1. The fraction of sp³-hybridized carbons (Fsp3) is 0.800. The summed E-state index contributed by atoms with van der Waals surface area (Å²) in [6, 6.07) is 0. The molecular formula is C15H26O6. The van der Waals surface area contributed by atoms with Crippen LogP contribution in [-0.4, -0.2) is 24.0 Å². The van der Waals surface area contributed by atoms with Gasteiger partial charge in [-0.1, -0.05) is 32.6 Å². The number of rotatable bonds is 10. The molecule has 21 heavy (non-hydrogen) atoms. The van der Waals surface area contributed by atoms with Crippen LogP contribution in [0.1, 0.15) is 72.1 Å². The molecule has 6 heteroatoms. The molecule has 0 rings (SSSR count). The summed E-state index contributed by atoms with van der Waals surface area (Å²) >= 11 is 0. The minimum absolute atomic E-state index is 0.0917. The van der Waals surface area contributed by atoms with Gasteiger partial charge in [0.15, 0.2) is 0 Å². The summed E-state index contributed by atoms with van der Waals surface area (Å²) in [7, 11) is 0. The fourth-order valence-corrected chi connectivity index (χ4v) is 1.58. The molecule has 0 aliphatic rings. The molecule has 0 aromatic rings. The van der Waals surface area contributed by atoms with E-state index in [1.54, 1.807) is 13.8 Å². The van der Waals surface area contributed by atoms with Crippen molar-refractivity contribution in [1.29, 1.82) is 0 Å². The minimum Gasteiger partial charge on any atom is -0.463 e. The first-order valence-corrected chi connectivity index (χ1v) is 7.55. The molecule has 0 bridgehead atoms. The maximum Gasteiger partial charge on any atom is 0.356 e. The van der Waals surface area contributed by atoms with Crippen LogP contribution in [0.5, 0.6) is 0 Å². The first-order valence-electron chi connectivity index (χ1n) is 7.55. The smallest absolute Gasteiger partial charge is 0.356 e. The molecular weight excluding hydrogens is 276 g/mol. The summed E-state index contributed by atoms with van der Waals surface area (Å²) in [5.41, 5.74) is 0. The van der Waals surface area contributed by atoms with Crippen molar-refractivity contribution < 1.29 is 28.9 Å². The number of ether oxygens (including phenoxy) is 1. The third-order valence-electron chi connectivity index (χ3n) is 2.61. The van der Waals surface area contributed by atoms with Crippen LogP contribution in [0, 0.1) is 0 Å². The molecule has 0 amide bonds. The molecule has 0 aliphatic carbocycles. The Bertz CT molecular complexity index is 324. The SMILES string of the molecule is CCCCCCCC(=O)OOC(=O)CCC(=O)OC(C)C. The van der Waals surface area contributed by atoms with E-state index >= 15 is 0 Å². The largest absolute Gasteiger partial charge is 0.463 e. The lowest BCUT2D eigenvalue weighted by molar-refractivity contribution is -0.259. The van der Waals surface area contributed by atoms with Gasteiger partial charge in [-0.05, 0) is 20.3 Å². The quantitative estimate of drug-likeness (QED) is 0.267. The van der Waals surface area contributed by atoms with Gasteiger partial charge in [0, 0.05) is 0 Å². The maximum absolute atomic E-state index is 11.3. The van der Waals surface area contributed by atoms with Gasteiger partial charge in [-0.25, -0.2) is 19.4 Å². The molecule has 0 aromatic heterocycles. The normalized spacial score (nSPS) is 10.3. The predicted molar refractivity (Wildman–Crippen MR) is 76.0 cm³/mol. The second kappa shape index (κ2) is 12.2. The molecule has 0 saturated heterocycles. The van der Waals surface area contributed by atoms with Gasteiger partial charge in [-0.15, -0.1) is 0 Å². The summed E-state index contributed by atoms with van der Waals surface area (Å²) in [5, 5.41) is 0. The van der Waals surface area contributed by atoms with E-state index in [9.17, 15) is 14.4 Å². The molecule has 0 radical (unpaired) electrons. The molecule has 0 unspecified atom stereocenters. The molecule has 0 aliphatic heterocycles. The molecule has 0 aromatic carbocycles. The summed E-state index contributed by atoms with van der Waals surface area (Å²) in [6.07, 6.45) is 4.79. The van der Waals surface area contributed by atoms with Crippen molar-refractivity contribution in [3.63, 3.8) is 0 Å². The number of hydrogen-bond acceptors (Lipinski definition) is 6. The maximum atomic E-state index is 11.3. The average molecular weight is 302 g/mol. The lowest BCUT2D eigenvalue weighted by Gasteiger charge is -2.07. The second-order valence-corrected chi connectivity index (χ2v) is 5.11. The molecule has 122 valence electrons. The standard InChI is InChI=1S/C15H26O6/c1-4-5-6-7-8-9-14(17)20-21-15(18)11-10-13(16)19-12(2)3/h12H,4-11H2,1-3H3. The lowest BCUT2D eigenvalue weighted by Crippen LogP contribution is -2.15. The van der Waals surface area contributed by atoms with Gasteiger partial charge in [-0.3, -0.25) is 4.79 Å². The Kier molecular flexibility index (Phi) is 11.3. The van der Waals surface area contributed by atoms with Crippen LogP contribution in [-0.2, 0) is 28.9 Å². The zero-order valence-corrected chi connectivity index (χ0v) is 13.2. The second-order valence-electron chi connectivity index (χ2n) is 5.11. The summed E-state index contributed by atoms with van der Waals surface area (Å²) in [6.45, 7) is 5.56. The number of hydrogen-bond donors (Lipinski definition) is 0. The summed E-state index contributed by atoms with van der Waals surface area (Å²) in [5.74, 6) is -1.80. The molecule has 0 N–H and O–H groups in total. The van der Waals surface area contributed by atoms with Crippen LogP contribution in [0.4, 0.5) is 0 Å². The van der Waals surface area contributed by atoms with Gasteiger partial charge in [0.05, 0.1) is 25.4 Å². The van der Waals surface area contributed by atoms with Crippen molar-refractivity contribution in [2.45, 2.75) is 78.2 Å². The predicted octanol–water partition coefficient (Wildman–Crippen LogP) is 3.08. The molecule has 0 fully saturated rings. The van der Waals surface area contributed by atoms with Crippen molar-refractivity contribution in [1.82, 2.24) is 0 Å². The van der Waals surface area contributed by atoms with Gasteiger partial charge in [0.2, 0.25) is 0 Å². The highest BCUT2D eigenvalue weighted by Crippen LogP contribution is 2.06. The Balaban J connectivity index is 3.59. The van der Waals surface area contributed by atoms with Gasteiger partial charge >= 0.3 is 17.9 Å². The van der Waals surface area contributed by atoms with Crippen LogP contribution in [0.3, 0.4) is 0 Å². The molecule has 0 heterocycles. The van der Waals surface area contributed by atoms with E-state index in [2.05, 4.69) is 16.7 Å². The molecule has 6 nitrogen and oxygen atoms in total. The highest BCUT2D eigenvalue weighted by Gasteiger charge is 2.13. The number of carbonyl (C=O) groups is 3. The Hall–Kier alpha value is -1.59. The molecule has 0 atom stereocenters.